The molecule has 0 unspecified atom stereocenters. The number of hydrogen-bond acceptors (Lipinski definition) is 9. The van der Waals surface area contributed by atoms with Crippen LogP contribution in [0.3, 0.4) is 0 Å². The van der Waals surface area contributed by atoms with Crippen molar-refractivity contribution in [3.05, 3.63) is 70.1 Å². The first-order valence-corrected chi connectivity index (χ1v) is 14.3. The summed E-state index contributed by atoms with van der Waals surface area (Å²) in [4.78, 5) is 15.1. The van der Waals surface area contributed by atoms with Crippen LogP contribution in [0.25, 0.3) is 64.1 Å². The van der Waals surface area contributed by atoms with Crippen LogP contribution in [0.1, 0.15) is 0 Å². The average Bonchev–Trinajstić information content (AvgIpc) is 3.68. The fourth-order valence-electron chi connectivity index (χ4n) is 4.00. The Morgan fingerprint density at radius 1 is 0.455 bits per heavy atom. The van der Waals surface area contributed by atoms with Gasteiger partial charge in [0.05, 0.1) is 21.5 Å². The largest absolute Gasteiger partial charge is 0.242 e. The Labute approximate surface area is 208 Å². The summed E-state index contributed by atoms with van der Waals surface area (Å²) >= 11 is 8.01. The van der Waals surface area contributed by atoms with Gasteiger partial charge in [0.25, 0.3) is 0 Å². The molecule has 6 aromatic heterocycles. The summed E-state index contributed by atoms with van der Waals surface area (Å²) in [5.74, 6) is 0. The molecule has 0 bridgehead atoms. The molecular weight excluding hydrogens is 505 g/mol. The zero-order valence-electron chi connectivity index (χ0n) is 16.8. The van der Waals surface area contributed by atoms with Gasteiger partial charge >= 0.3 is 0 Å². The molecule has 7 rings (SSSR count). The van der Waals surface area contributed by atoms with E-state index in [4.69, 9.17) is 18.7 Å². The van der Waals surface area contributed by atoms with E-state index in [9.17, 15) is 0 Å². The van der Waals surface area contributed by atoms with E-state index in [0.29, 0.717) is 0 Å². The second-order valence-electron chi connectivity index (χ2n) is 7.24. The van der Waals surface area contributed by atoms with Crippen LogP contribution in [0, 0.1) is 0 Å². The molecule has 0 N–H and O–H groups in total. The first kappa shape index (κ1) is 19.6. The van der Waals surface area contributed by atoms with E-state index in [2.05, 4.69) is 70.1 Å². The van der Waals surface area contributed by atoms with Crippen LogP contribution in [0.15, 0.2) is 70.1 Å². The monoisotopic (exact) mass is 516 g/mol. The molecule has 0 spiro atoms. The maximum Gasteiger partial charge on any atom is 0.116 e. The van der Waals surface area contributed by atoms with Crippen LogP contribution < -0.4 is 0 Å². The highest BCUT2D eigenvalue weighted by Gasteiger charge is 2.25. The lowest BCUT2D eigenvalue weighted by Gasteiger charge is -2.14. The molecule has 1 aromatic carbocycles. The average molecular weight is 517 g/mol. The van der Waals surface area contributed by atoms with Gasteiger partial charge in [-0.15, -0.1) is 45.3 Å². The van der Waals surface area contributed by atoms with E-state index < -0.39 is 0 Å². The van der Waals surface area contributed by atoms with Gasteiger partial charge in [0.15, 0.2) is 0 Å². The van der Waals surface area contributed by atoms with Gasteiger partial charge in [0.2, 0.25) is 0 Å². The topological polar surface area (TPSA) is 51.6 Å². The molecule has 0 aliphatic carbocycles. The van der Waals surface area contributed by atoms with Gasteiger partial charge in [0.1, 0.15) is 33.5 Å². The van der Waals surface area contributed by atoms with Crippen molar-refractivity contribution in [1.29, 1.82) is 0 Å². The van der Waals surface area contributed by atoms with E-state index in [-0.39, 0.29) is 0 Å². The molecule has 33 heavy (non-hydrogen) atoms. The number of benzene rings is 1. The molecule has 0 amide bonds. The zero-order chi connectivity index (χ0) is 21.8. The van der Waals surface area contributed by atoms with Crippen molar-refractivity contribution in [3.63, 3.8) is 0 Å². The Hall–Kier alpha value is -2.82. The Morgan fingerprint density at radius 2 is 0.848 bits per heavy atom. The highest BCUT2D eigenvalue weighted by atomic mass is 32.1. The Balaban J connectivity index is 1.71. The number of rotatable bonds is 4. The van der Waals surface area contributed by atoms with E-state index >= 15 is 0 Å². The maximum absolute atomic E-state index is 5.33. The molecule has 0 saturated carbocycles. The minimum absolute atomic E-state index is 0.879. The lowest BCUT2D eigenvalue weighted by atomic mass is 10.0. The Morgan fingerprint density at radius 3 is 1.21 bits per heavy atom. The molecule has 0 fully saturated rings. The van der Waals surface area contributed by atoms with E-state index in [1.165, 1.54) is 11.7 Å². The van der Waals surface area contributed by atoms with Gasteiger partial charge in [-0.1, -0.05) is 24.3 Å². The molecule has 0 aliphatic heterocycles. The molecule has 0 radical (unpaired) electrons. The minimum atomic E-state index is 0.879. The lowest BCUT2D eigenvalue weighted by molar-refractivity contribution is 1.32. The molecule has 4 nitrogen and oxygen atoms in total. The number of nitrogens with zero attached hydrogens (tertiary/aromatic N) is 4. The highest BCUT2D eigenvalue weighted by molar-refractivity contribution is 7.15. The van der Waals surface area contributed by atoms with Crippen molar-refractivity contribution in [2.24, 2.45) is 0 Å². The van der Waals surface area contributed by atoms with Gasteiger partial charge in [-0.2, -0.15) is 8.75 Å². The molecule has 7 aromatic rings. The van der Waals surface area contributed by atoms with Crippen molar-refractivity contribution in [1.82, 2.24) is 18.7 Å². The highest BCUT2D eigenvalue weighted by Crippen LogP contribution is 2.46. The summed E-state index contributed by atoms with van der Waals surface area (Å²) in [6, 6.07) is 16.8. The molecule has 6 heterocycles. The normalized spacial score (nSPS) is 11.6. The van der Waals surface area contributed by atoms with E-state index in [1.54, 1.807) is 45.3 Å². The van der Waals surface area contributed by atoms with Crippen LogP contribution in [0.2, 0.25) is 0 Å². The smallest absolute Gasteiger partial charge is 0.116 e. The second kappa shape index (κ2) is 7.89. The number of thiophene rings is 4. The summed E-state index contributed by atoms with van der Waals surface area (Å²) in [6.07, 6.45) is 0. The van der Waals surface area contributed by atoms with Gasteiger partial charge in [-0.05, 0) is 45.8 Å². The Bertz CT molecular complexity index is 1570. The van der Waals surface area contributed by atoms with Crippen LogP contribution in [-0.2, 0) is 0 Å². The zero-order valence-corrected chi connectivity index (χ0v) is 20.8. The molecule has 0 saturated heterocycles. The van der Waals surface area contributed by atoms with E-state index in [1.807, 2.05) is 0 Å². The molecule has 158 valence electrons. The van der Waals surface area contributed by atoms with Crippen molar-refractivity contribution >= 4 is 79.1 Å². The summed E-state index contributed by atoms with van der Waals surface area (Å²) in [6.45, 7) is 0. The van der Waals surface area contributed by atoms with Crippen molar-refractivity contribution in [2.75, 3.05) is 0 Å². The summed E-state index contributed by atoms with van der Waals surface area (Å²) in [5, 5.41) is 8.36. The number of hydrogen-bond donors (Lipinski definition) is 0. The first-order valence-electron chi connectivity index (χ1n) is 10.0. The van der Waals surface area contributed by atoms with Crippen LogP contribution in [0.5, 0.6) is 0 Å². The van der Waals surface area contributed by atoms with Crippen molar-refractivity contribution in [2.45, 2.75) is 0 Å². The van der Waals surface area contributed by atoms with Crippen molar-refractivity contribution in [3.8, 4) is 42.0 Å². The molecule has 9 heteroatoms. The third-order valence-corrected chi connectivity index (χ3v) is 9.43. The second-order valence-corrected chi connectivity index (χ2v) is 11.6. The number of aromatic nitrogens is 4. The van der Waals surface area contributed by atoms with E-state index in [0.717, 1.165) is 64.1 Å². The van der Waals surface area contributed by atoms with Gasteiger partial charge in [-0.25, -0.2) is 9.97 Å². The predicted molar refractivity (Wildman–Crippen MR) is 144 cm³/mol. The maximum atomic E-state index is 5.33. The third-order valence-electron chi connectivity index (χ3n) is 5.38. The SMILES string of the molecule is c1csc(-c2nc3c(-c4cccs4)c4nsnc4c(-c4cccs4)c3nc2-c2cccs2)c1. The van der Waals surface area contributed by atoms with Gasteiger partial charge in [0, 0.05) is 20.9 Å². The molecular formula is C24H12N4S5. The third kappa shape index (κ3) is 3.12. The van der Waals surface area contributed by atoms with Gasteiger partial charge in [-0.3, -0.25) is 0 Å². The fraction of sp³-hybridized carbons (Fsp3) is 0. The van der Waals surface area contributed by atoms with Gasteiger partial charge < -0.3 is 0 Å². The standard InChI is InChI=1S/C24H12N4S5/c1-5-13(29-9-1)17-21-22(18(14-6-2-10-30-14)24-23(17)27-33-28-24)26-20(16-8-4-12-32-16)19(25-21)15-7-3-11-31-15/h1-12H. The predicted octanol–water partition coefficient (Wildman–Crippen LogP) is 8.55. The summed E-state index contributed by atoms with van der Waals surface area (Å²) < 4.78 is 9.48. The Kier molecular flexibility index (Phi) is 4.70. The van der Waals surface area contributed by atoms with Crippen molar-refractivity contribution < 1.29 is 0 Å². The van der Waals surface area contributed by atoms with Crippen LogP contribution in [-0.4, -0.2) is 18.7 Å². The molecule has 0 aliphatic rings. The fourth-order valence-corrected chi connectivity index (χ4v) is 7.54. The first-order chi connectivity index (χ1) is 16.4. The minimum Gasteiger partial charge on any atom is -0.242 e. The lowest BCUT2D eigenvalue weighted by Crippen LogP contribution is -1.98. The summed E-state index contributed by atoms with van der Waals surface area (Å²) in [5.41, 5.74) is 7.42. The summed E-state index contributed by atoms with van der Waals surface area (Å²) in [7, 11) is 0. The molecule has 0 atom stereocenters. The van der Waals surface area contributed by atoms with Crippen LogP contribution >= 0.6 is 57.1 Å². The quantitative estimate of drug-likeness (QED) is 0.235. The van der Waals surface area contributed by atoms with Crippen LogP contribution in [0.4, 0.5) is 0 Å². The number of fused-ring (bicyclic) bond motifs is 2.